The van der Waals surface area contributed by atoms with Crippen molar-refractivity contribution in [3.05, 3.63) is 0 Å². The molecule has 0 N–H and O–H groups in total. The monoisotopic (exact) mass is 155 g/mol. The van der Waals surface area contributed by atoms with Gasteiger partial charge in [0.2, 0.25) is 0 Å². The van der Waals surface area contributed by atoms with Crippen LogP contribution in [0.5, 0.6) is 0 Å². The lowest BCUT2D eigenvalue weighted by molar-refractivity contribution is 0.204. The summed E-state index contributed by atoms with van der Waals surface area (Å²) in [6, 6.07) is 0.894. The normalized spacial score (nSPS) is 29.2. The first-order valence-electron chi connectivity index (χ1n) is 5.03. The molecule has 1 heterocycles. The lowest BCUT2D eigenvalue weighted by Gasteiger charge is -2.27. The van der Waals surface area contributed by atoms with Crippen molar-refractivity contribution in [1.82, 2.24) is 4.90 Å². The third-order valence-corrected chi connectivity index (χ3v) is 3.12. The molecule has 1 unspecified atom stereocenters. The predicted octanol–water partition coefficient (Wildman–Crippen LogP) is 2.52. The van der Waals surface area contributed by atoms with Gasteiger partial charge in [0.05, 0.1) is 0 Å². The molecular formula is C10H21N. The molecule has 0 amide bonds. The van der Waals surface area contributed by atoms with Crippen molar-refractivity contribution in [3.63, 3.8) is 0 Å². The molecular weight excluding hydrogens is 134 g/mol. The van der Waals surface area contributed by atoms with Crippen LogP contribution in [0.1, 0.15) is 40.0 Å². The zero-order valence-corrected chi connectivity index (χ0v) is 8.14. The summed E-state index contributed by atoms with van der Waals surface area (Å²) in [5, 5.41) is 0. The van der Waals surface area contributed by atoms with Gasteiger partial charge in [-0.25, -0.2) is 0 Å². The number of nitrogens with zero attached hydrogens (tertiary/aromatic N) is 1. The van der Waals surface area contributed by atoms with E-state index in [1.807, 2.05) is 0 Å². The van der Waals surface area contributed by atoms with Crippen LogP contribution in [0.2, 0.25) is 0 Å². The fourth-order valence-electron chi connectivity index (χ4n) is 2.16. The molecule has 1 saturated heterocycles. The first kappa shape index (κ1) is 9.05. The van der Waals surface area contributed by atoms with E-state index in [-0.39, 0.29) is 0 Å². The molecule has 0 bridgehead atoms. The van der Waals surface area contributed by atoms with E-state index >= 15 is 0 Å². The Hall–Kier alpha value is -0.0400. The highest BCUT2D eigenvalue weighted by molar-refractivity contribution is 4.81. The van der Waals surface area contributed by atoms with Gasteiger partial charge in [-0.3, -0.25) is 0 Å². The molecule has 0 spiro atoms. The molecule has 1 aliphatic heterocycles. The lowest BCUT2D eigenvalue weighted by atomic mass is 9.97. The van der Waals surface area contributed by atoms with E-state index in [9.17, 15) is 0 Å². The van der Waals surface area contributed by atoms with Crippen LogP contribution < -0.4 is 0 Å². The number of hydrogen-bond donors (Lipinski definition) is 0. The van der Waals surface area contributed by atoms with Crippen molar-refractivity contribution >= 4 is 0 Å². The van der Waals surface area contributed by atoms with Crippen LogP contribution in [0, 0.1) is 5.92 Å². The van der Waals surface area contributed by atoms with E-state index in [1.54, 1.807) is 0 Å². The van der Waals surface area contributed by atoms with Crippen LogP contribution in [0.15, 0.2) is 0 Å². The Morgan fingerprint density at radius 3 is 2.73 bits per heavy atom. The fourth-order valence-corrected chi connectivity index (χ4v) is 2.16. The molecule has 0 aromatic heterocycles. The summed E-state index contributed by atoms with van der Waals surface area (Å²) in [4.78, 5) is 2.63. The Labute approximate surface area is 70.8 Å². The molecule has 0 aromatic carbocycles. The number of likely N-dealkylation sites (tertiary alicyclic amines) is 1. The highest BCUT2D eigenvalue weighted by Gasteiger charge is 2.26. The van der Waals surface area contributed by atoms with E-state index in [2.05, 4.69) is 25.7 Å². The summed E-state index contributed by atoms with van der Waals surface area (Å²) in [7, 11) is 0. The predicted molar refractivity (Wildman–Crippen MR) is 49.7 cm³/mol. The third kappa shape index (κ3) is 1.96. The average molecular weight is 155 g/mol. The molecule has 0 saturated carbocycles. The summed E-state index contributed by atoms with van der Waals surface area (Å²) >= 11 is 0. The van der Waals surface area contributed by atoms with E-state index in [0.29, 0.717) is 0 Å². The van der Waals surface area contributed by atoms with E-state index in [0.717, 1.165) is 12.0 Å². The Morgan fingerprint density at radius 2 is 2.18 bits per heavy atom. The lowest BCUT2D eigenvalue weighted by Crippen LogP contribution is -2.33. The second kappa shape index (κ2) is 4.10. The van der Waals surface area contributed by atoms with Gasteiger partial charge in [0.15, 0.2) is 0 Å². The van der Waals surface area contributed by atoms with Crippen molar-refractivity contribution in [3.8, 4) is 0 Å². The van der Waals surface area contributed by atoms with Crippen LogP contribution >= 0.6 is 0 Å². The minimum atomic E-state index is 0.894. The van der Waals surface area contributed by atoms with E-state index in [4.69, 9.17) is 0 Å². The molecule has 1 aliphatic rings. The first-order valence-corrected chi connectivity index (χ1v) is 5.03. The molecule has 0 aromatic rings. The van der Waals surface area contributed by atoms with Crippen LogP contribution in [0.4, 0.5) is 0 Å². The Morgan fingerprint density at radius 1 is 1.45 bits per heavy atom. The van der Waals surface area contributed by atoms with Gasteiger partial charge in [0, 0.05) is 6.04 Å². The topological polar surface area (TPSA) is 3.24 Å². The summed E-state index contributed by atoms with van der Waals surface area (Å²) in [6.07, 6.45) is 4.19. The fraction of sp³-hybridized carbons (Fsp3) is 1.00. The molecule has 0 aliphatic carbocycles. The second-order valence-corrected chi connectivity index (χ2v) is 3.72. The van der Waals surface area contributed by atoms with Gasteiger partial charge in [0.25, 0.3) is 0 Å². The molecule has 1 fully saturated rings. The summed E-state index contributed by atoms with van der Waals surface area (Å²) in [6.45, 7) is 9.55. The van der Waals surface area contributed by atoms with Crippen molar-refractivity contribution in [2.24, 2.45) is 5.92 Å². The zero-order chi connectivity index (χ0) is 8.27. The molecule has 1 nitrogen and oxygen atoms in total. The summed E-state index contributed by atoms with van der Waals surface area (Å²) < 4.78 is 0. The van der Waals surface area contributed by atoms with Gasteiger partial charge in [-0.1, -0.05) is 27.2 Å². The maximum absolute atomic E-state index is 2.63. The standard InChI is InChI=1S/C10H21N/c1-4-9(3)10-7-6-8-11(10)5-2/h9-10H,4-8H2,1-3H3/t9?,10-/m1/s1. The highest BCUT2D eigenvalue weighted by atomic mass is 15.2. The van der Waals surface area contributed by atoms with Gasteiger partial charge in [0.1, 0.15) is 0 Å². The third-order valence-electron chi connectivity index (χ3n) is 3.12. The first-order chi connectivity index (χ1) is 5.29. The Bertz CT molecular complexity index is 111. The van der Waals surface area contributed by atoms with Crippen molar-refractivity contribution in [2.75, 3.05) is 13.1 Å². The molecule has 66 valence electrons. The summed E-state index contributed by atoms with van der Waals surface area (Å²) in [5.41, 5.74) is 0. The Balaban J connectivity index is 2.42. The molecule has 11 heavy (non-hydrogen) atoms. The maximum atomic E-state index is 2.63. The number of rotatable bonds is 3. The zero-order valence-electron chi connectivity index (χ0n) is 8.14. The van der Waals surface area contributed by atoms with Crippen molar-refractivity contribution in [2.45, 2.75) is 46.1 Å². The van der Waals surface area contributed by atoms with Gasteiger partial charge >= 0.3 is 0 Å². The van der Waals surface area contributed by atoms with Crippen LogP contribution in [-0.2, 0) is 0 Å². The van der Waals surface area contributed by atoms with Gasteiger partial charge in [-0.15, -0.1) is 0 Å². The van der Waals surface area contributed by atoms with Crippen molar-refractivity contribution < 1.29 is 0 Å². The van der Waals surface area contributed by atoms with Crippen LogP contribution in [0.3, 0.4) is 0 Å². The van der Waals surface area contributed by atoms with E-state index in [1.165, 1.54) is 32.4 Å². The minimum absolute atomic E-state index is 0.894. The van der Waals surface area contributed by atoms with Crippen LogP contribution in [0.25, 0.3) is 0 Å². The van der Waals surface area contributed by atoms with Crippen molar-refractivity contribution in [1.29, 1.82) is 0 Å². The van der Waals surface area contributed by atoms with Gasteiger partial charge < -0.3 is 4.90 Å². The van der Waals surface area contributed by atoms with E-state index < -0.39 is 0 Å². The summed E-state index contributed by atoms with van der Waals surface area (Å²) in [5.74, 6) is 0.900. The molecule has 1 rings (SSSR count). The SMILES string of the molecule is CCC(C)[C@H]1CCCN1CC. The highest BCUT2D eigenvalue weighted by Crippen LogP contribution is 2.24. The minimum Gasteiger partial charge on any atom is -0.300 e. The van der Waals surface area contributed by atoms with Crippen LogP contribution in [-0.4, -0.2) is 24.0 Å². The molecule has 2 atom stereocenters. The Kier molecular flexibility index (Phi) is 3.38. The molecule has 1 heteroatoms. The average Bonchev–Trinajstić information content (AvgIpc) is 2.50. The maximum Gasteiger partial charge on any atom is 0.0121 e. The van der Waals surface area contributed by atoms with Gasteiger partial charge in [-0.2, -0.15) is 0 Å². The second-order valence-electron chi connectivity index (χ2n) is 3.72. The van der Waals surface area contributed by atoms with Gasteiger partial charge in [-0.05, 0) is 31.8 Å². The largest absolute Gasteiger partial charge is 0.300 e. The quantitative estimate of drug-likeness (QED) is 0.605. The number of hydrogen-bond acceptors (Lipinski definition) is 1. The smallest absolute Gasteiger partial charge is 0.0121 e. The molecule has 0 radical (unpaired) electrons.